The highest BCUT2D eigenvalue weighted by molar-refractivity contribution is 6.10. The molecule has 0 fully saturated rings. The third kappa shape index (κ3) is 4.81. The Bertz CT molecular complexity index is 896. The molecule has 2 N–H and O–H groups in total. The second kappa shape index (κ2) is 8.13. The van der Waals surface area contributed by atoms with E-state index in [9.17, 15) is 14.9 Å². The highest BCUT2D eigenvalue weighted by Crippen LogP contribution is 2.23. The summed E-state index contributed by atoms with van der Waals surface area (Å²) >= 11 is 0. The molecule has 0 aliphatic rings. The van der Waals surface area contributed by atoms with E-state index in [1.165, 1.54) is 13.0 Å². The zero-order chi connectivity index (χ0) is 19.3. The van der Waals surface area contributed by atoms with Crippen molar-refractivity contribution in [2.45, 2.75) is 27.7 Å². The van der Waals surface area contributed by atoms with E-state index in [0.717, 1.165) is 22.4 Å². The summed E-state index contributed by atoms with van der Waals surface area (Å²) in [5.41, 5.74) is 5.11. The first-order chi connectivity index (χ1) is 12.3. The number of nitriles is 1. The molecule has 2 amide bonds. The van der Waals surface area contributed by atoms with Gasteiger partial charge in [-0.15, -0.1) is 0 Å². The van der Waals surface area contributed by atoms with E-state index >= 15 is 0 Å². The molecule has 5 heteroatoms. The maximum Gasteiger partial charge on any atom is 0.266 e. The van der Waals surface area contributed by atoms with Gasteiger partial charge in [-0.05, 0) is 55.7 Å². The topological polar surface area (TPSA) is 82.0 Å². The first-order valence-electron chi connectivity index (χ1n) is 8.19. The van der Waals surface area contributed by atoms with Crippen LogP contribution in [0.2, 0.25) is 0 Å². The van der Waals surface area contributed by atoms with Gasteiger partial charge in [0.15, 0.2) is 0 Å². The molecule has 0 aliphatic carbocycles. The lowest BCUT2D eigenvalue weighted by Crippen LogP contribution is -2.15. The van der Waals surface area contributed by atoms with Gasteiger partial charge in [0.05, 0.1) is 0 Å². The van der Waals surface area contributed by atoms with Crippen LogP contribution in [-0.4, -0.2) is 11.8 Å². The van der Waals surface area contributed by atoms with Crippen molar-refractivity contribution in [3.8, 4) is 6.07 Å². The van der Waals surface area contributed by atoms with E-state index < -0.39 is 5.91 Å². The fraction of sp³-hybridized carbons (Fsp3) is 0.190. The SMILES string of the molecule is CC(=O)Nc1ccc(C=C(C#N)C(=O)Nc2c(C)cc(C)cc2C)cc1. The zero-order valence-corrected chi connectivity index (χ0v) is 15.3. The van der Waals surface area contributed by atoms with Crippen molar-refractivity contribution in [1.82, 2.24) is 0 Å². The molecule has 2 rings (SSSR count). The Balaban J connectivity index is 2.22. The molecule has 0 bridgehead atoms. The number of benzene rings is 2. The lowest BCUT2D eigenvalue weighted by molar-refractivity contribution is -0.114. The number of carbonyl (C=O) groups excluding carboxylic acids is 2. The fourth-order valence-corrected chi connectivity index (χ4v) is 2.74. The third-order valence-corrected chi connectivity index (χ3v) is 3.82. The summed E-state index contributed by atoms with van der Waals surface area (Å²) in [6.07, 6.45) is 1.52. The highest BCUT2D eigenvalue weighted by Gasteiger charge is 2.13. The van der Waals surface area contributed by atoms with Crippen LogP contribution in [0.15, 0.2) is 42.0 Å². The van der Waals surface area contributed by atoms with E-state index in [-0.39, 0.29) is 11.5 Å². The van der Waals surface area contributed by atoms with Gasteiger partial charge in [-0.2, -0.15) is 5.26 Å². The number of nitrogens with one attached hydrogen (secondary N) is 2. The summed E-state index contributed by atoms with van der Waals surface area (Å²) in [6, 6.07) is 12.8. The van der Waals surface area contributed by atoms with E-state index in [2.05, 4.69) is 10.6 Å². The van der Waals surface area contributed by atoms with Gasteiger partial charge in [0.25, 0.3) is 5.91 Å². The Hall–Kier alpha value is -3.39. The standard InChI is InChI=1S/C21H21N3O2/c1-13-9-14(2)20(15(3)10-13)24-21(26)18(12-22)11-17-5-7-19(8-6-17)23-16(4)25/h5-11H,1-4H3,(H,23,25)(H,24,26). The van der Waals surface area contributed by atoms with Crippen molar-refractivity contribution >= 4 is 29.3 Å². The van der Waals surface area contributed by atoms with Gasteiger partial charge in [-0.25, -0.2) is 0 Å². The molecule has 0 aliphatic heterocycles. The average Bonchev–Trinajstić information content (AvgIpc) is 2.56. The van der Waals surface area contributed by atoms with Crippen LogP contribution in [0.1, 0.15) is 29.2 Å². The maximum atomic E-state index is 12.5. The van der Waals surface area contributed by atoms with Crippen LogP contribution in [0.25, 0.3) is 6.08 Å². The number of carbonyl (C=O) groups is 2. The second-order valence-electron chi connectivity index (χ2n) is 6.20. The highest BCUT2D eigenvalue weighted by atomic mass is 16.2. The lowest BCUT2D eigenvalue weighted by Gasteiger charge is -2.12. The van der Waals surface area contributed by atoms with Crippen LogP contribution < -0.4 is 10.6 Å². The van der Waals surface area contributed by atoms with E-state index in [1.54, 1.807) is 24.3 Å². The summed E-state index contributed by atoms with van der Waals surface area (Å²) in [4.78, 5) is 23.5. The predicted octanol–water partition coefficient (Wildman–Crippen LogP) is 4.12. The third-order valence-electron chi connectivity index (χ3n) is 3.82. The van der Waals surface area contributed by atoms with Crippen LogP contribution in [0.3, 0.4) is 0 Å². The number of hydrogen-bond acceptors (Lipinski definition) is 3. The van der Waals surface area contributed by atoms with Gasteiger partial charge in [-0.3, -0.25) is 9.59 Å². The Kier molecular flexibility index (Phi) is 5.92. The fourth-order valence-electron chi connectivity index (χ4n) is 2.74. The molecular formula is C21H21N3O2. The van der Waals surface area contributed by atoms with E-state index in [0.29, 0.717) is 11.3 Å². The molecule has 0 atom stereocenters. The second-order valence-corrected chi connectivity index (χ2v) is 6.20. The molecule has 0 saturated heterocycles. The monoisotopic (exact) mass is 347 g/mol. The molecule has 2 aromatic carbocycles. The summed E-state index contributed by atoms with van der Waals surface area (Å²) < 4.78 is 0. The minimum atomic E-state index is -0.450. The quantitative estimate of drug-likeness (QED) is 0.645. The Morgan fingerprint density at radius 1 is 1.00 bits per heavy atom. The van der Waals surface area contributed by atoms with Gasteiger partial charge >= 0.3 is 0 Å². The van der Waals surface area contributed by atoms with Crippen molar-refractivity contribution in [1.29, 1.82) is 5.26 Å². The van der Waals surface area contributed by atoms with Crippen LogP contribution in [-0.2, 0) is 9.59 Å². The van der Waals surface area contributed by atoms with Crippen LogP contribution in [0.4, 0.5) is 11.4 Å². The maximum absolute atomic E-state index is 12.5. The van der Waals surface area contributed by atoms with Gasteiger partial charge in [0.1, 0.15) is 11.6 Å². The molecule has 0 aromatic heterocycles. The first-order valence-corrected chi connectivity index (χ1v) is 8.19. The number of aryl methyl sites for hydroxylation is 3. The van der Waals surface area contributed by atoms with Crippen LogP contribution in [0, 0.1) is 32.1 Å². The van der Waals surface area contributed by atoms with Crippen molar-refractivity contribution < 1.29 is 9.59 Å². The van der Waals surface area contributed by atoms with Crippen LogP contribution in [0.5, 0.6) is 0 Å². The normalized spacial score (nSPS) is 10.8. The number of amides is 2. The number of hydrogen-bond donors (Lipinski definition) is 2. The van der Waals surface area contributed by atoms with Gasteiger partial charge in [-0.1, -0.05) is 29.8 Å². The van der Waals surface area contributed by atoms with Crippen molar-refractivity contribution in [3.63, 3.8) is 0 Å². The summed E-state index contributed by atoms with van der Waals surface area (Å²) in [5.74, 6) is -0.609. The molecule has 0 spiro atoms. The Morgan fingerprint density at radius 2 is 1.58 bits per heavy atom. The number of nitrogens with zero attached hydrogens (tertiary/aromatic N) is 1. The average molecular weight is 347 g/mol. The molecule has 0 unspecified atom stereocenters. The minimum absolute atomic E-state index is 0.0108. The minimum Gasteiger partial charge on any atom is -0.326 e. The van der Waals surface area contributed by atoms with E-state index in [4.69, 9.17) is 0 Å². The Labute approximate surface area is 153 Å². The Morgan fingerprint density at radius 3 is 2.08 bits per heavy atom. The van der Waals surface area contributed by atoms with Crippen molar-refractivity contribution in [2.75, 3.05) is 10.6 Å². The summed E-state index contributed by atoms with van der Waals surface area (Å²) in [7, 11) is 0. The van der Waals surface area contributed by atoms with Gasteiger partial charge in [0.2, 0.25) is 5.91 Å². The zero-order valence-electron chi connectivity index (χ0n) is 15.3. The van der Waals surface area contributed by atoms with E-state index in [1.807, 2.05) is 39.0 Å². The largest absolute Gasteiger partial charge is 0.326 e. The predicted molar refractivity (Wildman–Crippen MR) is 104 cm³/mol. The molecule has 26 heavy (non-hydrogen) atoms. The van der Waals surface area contributed by atoms with Crippen molar-refractivity contribution in [2.24, 2.45) is 0 Å². The molecular weight excluding hydrogens is 326 g/mol. The number of anilines is 2. The number of rotatable bonds is 4. The first kappa shape index (κ1) is 18.9. The molecule has 0 radical (unpaired) electrons. The van der Waals surface area contributed by atoms with Gasteiger partial charge in [0, 0.05) is 18.3 Å². The van der Waals surface area contributed by atoms with Crippen LogP contribution >= 0.6 is 0 Å². The van der Waals surface area contributed by atoms with Crippen molar-refractivity contribution in [3.05, 3.63) is 64.2 Å². The summed E-state index contributed by atoms with van der Waals surface area (Å²) in [5, 5.41) is 14.9. The molecule has 0 heterocycles. The smallest absolute Gasteiger partial charge is 0.266 e. The van der Waals surface area contributed by atoms with Gasteiger partial charge < -0.3 is 10.6 Å². The molecule has 132 valence electrons. The molecule has 2 aromatic rings. The summed E-state index contributed by atoms with van der Waals surface area (Å²) in [6.45, 7) is 7.27. The molecule has 5 nitrogen and oxygen atoms in total. The molecule has 0 saturated carbocycles. The lowest BCUT2D eigenvalue weighted by atomic mass is 10.0.